The van der Waals surface area contributed by atoms with Gasteiger partial charge in [0, 0.05) is 106 Å². The number of nitrogens with one attached hydrogen (secondary N) is 2. The molecule has 0 unspecified atom stereocenters. The first-order chi connectivity index (χ1) is 30.5. The van der Waals surface area contributed by atoms with Gasteiger partial charge in [-0.2, -0.15) is 10.2 Å². The maximum Gasteiger partial charge on any atom is 0.328 e. The molecule has 0 bridgehead atoms. The van der Waals surface area contributed by atoms with Crippen LogP contribution in [0.5, 0.6) is 0 Å². The average molecular weight is 922 g/mol. The van der Waals surface area contributed by atoms with E-state index in [-0.39, 0.29) is 0 Å². The summed E-state index contributed by atoms with van der Waals surface area (Å²) in [6.07, 6.45) is 10.7. The van der Waals surface area contributed by atoms with Gasteiger partial charge in [0.2, 0.25) is 0 Å². The van der Waals surface area contributed by atoms with E-state index < -0.39 is 35.8 Å². The van der Waals surface area contributed by atoms with Gasteiger partial charge in [0.05, 0.1) is 24.1 Å². The number of benzene rings is 2. The molecule has 6 aromatic rings. The average Bonchev–Trinajstić information content (AvgIpc) is 3.83. The third kappa shape index (κ3) is 19.3. The van der Waals surface area contributed by atoms with Gasteiger partial charge < -0.3 is 41.3 Å². The van der Waals surface area contributed by atoms with Gasteiger partial charge in [-0.15, -0.1) is 0 Å². The molecule has 20 nitrogen and oxygen atoms in total. The van der Waals surface area contributed by atoms with E-state index in [4.69, 9.17) is 64.0 Å². The van der Waals surface area contributed by atoms with E-state index in [0.717, 1.165) is 80.5 Å². The third-order valence-corrected chi connectivity index (χ3v) is 8.10. The zero-order chi connectivity index (χ0) is 47.6. The van der Waals surface area contributed by atoms with Crippen LogP contribution in [-0.4, -0.2) is 123 Å². The minimum atomic E-state index is -1.26. The van der Waals surface area contributed by atoms with E-state index >= 15 is 0 Å². The molecule has 0 saturated heterocycles. The highest BCUT2D eigenvalue weighted by Crippen LogP contribution is 2.29. The van der Waals surface area contributed by atoms with E-state index in [1.165, 1.54) is 0 Å². The molecule has 0 fully saturated rings. The first-order valence-corrected chi connectivity index (χ1v) is 19.1. The van der Waals surface area contributed by atoms with Crippen molar-refractivity contribution in [2.24, 2.45) is 0 Å². The van der Waals surface area contributed by atoms with Crippen molar-refractivity contribution in [1.82, 2.24) is 40.2 Å². The Hall–Kier alpha value is -7.78. The second kappa shape index (κ2) is 27.9. The SMILES string of the molecule is CNCCn1nc(-c2ccc(Cl)cc2)c2cnccc21.CNCCn1nc(-c2ccc(Cl)cc2)c2cnccc21.O=C(O)/C=C\C(=O)O.O=C(O)/C=C\C(=O)O.O=C(O)/C=C\C(=O)O. The number of rotatable bonds is 14. The largest absolute Gasteiger partial charge is 0.478 e. The van der Waals surface area contributed by atoms with Crippen LogP contribution in [-0.2, 0) is 41.9 Å². The van der Waals surface area contributed by atoms with Gasteiger partial charge >= 0.3 is 35.8 Å². The Bertz CT molecular complexity index is 2330. The standard InChI is InChI=1S/2C15H15ClN4.3C4H4O4/c2*1-17-8-9-20-14-6-7-18-10-13(14)15(19-20)11-2-4-12(16)5-3-11;3*5-3(6)1-2-4(7)8/h2*2-7,10,17H,8-9H2,1H3;3*1-2H,(H,5,6)(H,7,8)/b;;3*2-1-. The Labute approximate surface area is 374 Å². The number of aromatic nitrogens is 6. The lowest BCUT2D eigenvalue weighted by Gasteiger charge is -2.01. The first-order valence-electron chi connectivity index (χ1n) is 18.3. The minimum Gasteiger partial charge on any atom is -0.478 e. The van der Waals surface area contributed by atoms with E-state index in [1.54, 1.807) is 12.4 Å². The maximum absolute atomic E-state index is 9.55. The van der Waals surface area contributed by atoms with Crippen molar-refractivity contribution in [3.8, 4) is 22.5 Å². The number of pyridine rings is 2. The number of carboxylic acids is 6. The van der Waals surface area contributed by atoms with Crippen LogP contribution in [0.15, 0.2) is 122 Å². The number of fused-ring (bicyclic) bond motifs is 2. The predicted molar refractivity (Wildman–Crippen MR) is 237 cm³/mol. The number of halogens is 2. The summed E-state index contributed by atoms with van der Waals surface area (Å²) in [6, 6.07) is 19.5. The molecule has 8 N–H and O–H groups in total. The molecule has 336 valence electrons. The molecule has 0 amide bonds. The lowest BCUT2D eigenvalue weighted by atomic mass is 10.1. The summed E-state index contributed by atoms with van der Waals surface area (Å²) in [7, 11) is 3.88. The number of hydrogen-bond acceptors (Lipinski definition) is 12. The van der Waals surface area contributed by atoms with Crippen LogP contribution in [0, 0.1) is 0 Å². The number of nitrogens with zero attached hydrogens (tertiary/aromatic N) is 6. The van der Waals surface area contributed by atoms with Gasteiger partial charge in [-0.1, -0.05) is 47.5 Å². The second-order valence-corrected chi connectivity index (χ2v) is 13.1. The molecule has 0 aliphatic rings. The molecular weight excluding hydrogens is 879 g/mol. The topological polar surface area (TPSA) is 309 Å². The molecule has 4 aromatic heterocycles. The zero-order valence-corrected chi connectivity index (χ0v) is 35.5. The number of carboxylic acid groups (broad SMARTS) is 6. The Morgan fingerprint density at radius 2 is 0.781 bits per heavy atom. The molecule has 0 saturated carbocycles. The Balaban J connectivity index is 0.000000298. The van der Waals surface area contributed by atoms with E-state index in [0.29, 0.717) is 36.5 Å². The maximum atomic E-state index is 9.55. The molecule has 0 atom stereocenters. The normalized spacial score (nSPS) is 10.5. The lowest BCUT2D eigenvalue weighted by molar-refractivity contribution is -0.134. The second-order valence-electron chi connectivity index (χ2n) is 12.2. The Kier molecular flexibility index (Phi) is 22.9. The van der Waals surface area contributed by atoms with Gasteiger partial charge in [-0.3, -0.25) is 19.3 Å². The monoisotopic (exact) mass is 920 g/mol. The van der Waals surface area contributed by atoms with Crippen LogP contribution in [0.2, 0.25) is 10.0 Å². The van der Waals surface area contributed by atoms with Crippen molar-refractivity contribution in [2.75, 3.05) is 27.2 Å². The molecular formula is C42H42Cl2N8O12. The summed E-state index contributed by atoms with van der Waals surface area (Å²) in [5.74, 6) is -7.54. The summed E-state index contributed by atoms with van der Waals surface area (Å²) in [5, 5.41) is 66.2. The number of aliphatic carboxylic acids is 6. The predicted octanol–water partition coefficient (Wildman–Crippen LogP) is 5.08. The quantitative estimate of drug-likeness (QED) is 0.0661. The summed E-state index contributed by atoms with van der Waals surface area (Å²) < 4.78 is 4.02. The lowest BCUT2D eigenvalue weighted by Crippen LogP contribution is -2.15. The zero-order valence-electron chi connectivity index (χ0n) is 33.9. The van der Waals surface area contributed by atoms with Crippen molar-refractivity contribution in [2.45, 2.75) is 13.1 Å². The summed E-state index contributed by atoms with van der Waals surface area (Å²) in [5.41, 5.74) is 6.19. The fourth-order valence-electron chi connectivity index (χ4n) is 4.89. The van der Waals surface area contributed by atoms with Crippen molar-refractivity contribution >= 4 is 80.8 Å². The molecule has 0 radical (unpaired) electrons. The Morgan fingerprint density at radius 1 is 0.500 bits per heavy atom. The molecule has 22 heteroatoms. The van der Waals surface area contributed by atoms with E-state index in [1.807, 2.05) is 96.5 Å². The van der Waals surface area contributed by atoms with Crippen molar-refractivity contribution < 1.29 is 59.4 Å². The minimum absolute atomic E-state index is 0.558. The van der Waals surface area contributed by atoms with Crippen molar-refractivity contribution in [3.63, 3.8) is 0 Å². The summed E-state index contributed by atoms with van der Waals surface area (Å²) >= 11 is 11.9. The first kappa shape index (κ1) is 52.4. The van der Waals surface area contributed by atoms with Gasteiger partial charge in [-0.25, -0.2) is 28.8 Å². The van der Waals surface area contributed by atoms with Gasteiger partial charge in [0.1, 0.15) is 11.4 Å². The van der Waals surface area contributed by atoms with Gasteiger partial charge in [0.15, 0.2) is 0 Å². The molecule has 4 heterocycles. The molecule has 0 aliphatic heterocycles. The van der Waals surface area contributed by atoms with E-state index in [9.17, 15) is 28.8 Å². The number of carbonyl (C=O) groups is 6. The fraction of sp³-hybridized carbons (Fsp3) is 0.143. The number of likely N-dealkylation sites (N-methyl/N-ethyl adjacent to an activating group) is 2. The summed E-state index contributed by atoms with van der Waals surface area (Å²) in [4.78, 5) is 65.8. The highest BCUT2D eigenvalue weighted by atomic mass is 35.5. The van der Waals surface area contributed by atoms with Crippen LogP contribution in [0.3, 0.4) is 0 Å². The van der Waals surface area contributed by atoms with Crippen molar-refractivity contribution in [3.05, 3.63) is 132 Å². The molecule has 0 spiro atoms. The molecule has 2 aromatic carbocycles. The van der Waals surface area contributed by atoms with Crippen LogP contribution in [0.25, 0.3) is 44.3 Å². The Morgan fingerprint density at radius 3 is 1.03 bits per heavy atom. The van der Waals surface area contributed by atoms with Crippen LogP contribution in [0.1, 0.15) is 0 Å². The van der Waals surface area contributed by atoms with Crippen LogP contribution < -0.4 is 10.6 Å². The third-order valence-electron chi connectivity index (χ3n) is 7.59. The molecule has 6 rings (SSSR count). The molecule has 64 heavy (non-hydrogen) atoms. The highest BCUT2D eigenvalue weighted by molar-refractivity contribution is 6.31. The van der Waals surface area contributed by atoms with E-state index in [2.05, 4.69) is 20.6 Å². The van der Waals surface area contributed by atoms with Crippen LogP contribution in [0.4, 0.5) is 0 Å². The summed E-state index contributed by atoms with van der Waals surface area (Å²) in [6.45, 7) is 3.40. The highest BCUT2D eigenvalue weighted by Gasteiger charge is 2.13. The number of hydrogen-bond donors (Lipinski definition) is 8. The smallest absolute Gasteiger partial charge is 0.328 e. The van der Waals surface area contributed by atoms with Gasteiger partial charge in [0.25, 0.3) is 0 Å². The molecule has 0 aliphatic carbocycles. The van der Waals surface area contributed by atoms with Crippen LogP contribution >= 0.6 is 23.2 Å². The van der Waals surface area contributed by atoms with Gasteiger partial charge in [-0.05, 0) is 50.5 Å². The fourth-order valence-corrected chi connectivity index (χ4v) is 5.14. The van der Waals surface area contributed by atoms with Crippen molar-refractivity contribution in [1.29, 1.82) is 0 Å².